The molecule has 3 nitrogen and oxygen atoms in total. The molecule has 6 heavy (non-hydrogen) atoms. The normalized spacial score (nSPS) is 7.67. The van der Waals surface area contributed by atoms with Gasteiger partial charge < -0.3 is 10.1 Å². The summed E-state index contributed by atoms with van der Waals surface area (Å²) in [5.41, 5.74) is -0.352. The number of rotatable bonds is 1. The third kappa shape index (κ3) is 1.92. The van der Waals surface area contributed by atoms with E-state index >= 15 is 0 Å². The van der Waals surface area contributed by atoms with Gasteiger partial charge in [0.2, 0.25) is 0 Å². The first-order valence-corrected chi connectivity index (χ1v) is 2.43. The van der Waals surface area contributed by atoms with Gasteiger partial charge in [0.25, 0.3) is 15.3 Å². The van der Waals surface area contributed by atoms with Gasteiger partial charge in [-0.25, -0.2) is 0 Å². The highest BCUT2D eigenvalue weighted by Crippen LogP contribution is 1.63. The van der Waals surface area contributed by atoms with Gasteiger partial charge in [-0.15, -0.1) is 0 Å². The van der Waals surface area contributed by atoms with Gasteiger partial charge in [-0.05, 0) is 0 Å². The molecule has 2 N–H and O–H groups in total. The predicted octanol–water partition coefficient (Wildman–Crippen LogP) is -0.669. The second-order valence-corrected chi connectivity index (χ2v) is 1.33. The fourth-order valence-electron chi connectivity index (χ4n) is 0.0589. The van der Waals surface area contributed by atoms with Crippen LogP contribution in [0.1, 0.15) is 0 Å². The quantitative estimate of drug-likeness (QED) is 0.448. The smallest absolute Gasteiger partial charge is 0.288 e. The number of hydrogen-bond acceptors (Lipinski definition) is 3. The topological polar surface area (TPSA) is 52.3 Å². The number of nitrogens with two attached hydrogens (primary N) is 1. The summed E-state index contributed by atoms with van der Waals surface area (Å²) in [6.07, 6.45) is 0. The van der Waals surface area contributed by atoms with E-state index in [-0.39, 0.29) is 15.3 Å². The molecule has 0 aliphatic carbocycles. The Morgan fingerprint density at radius 2 is 2.50 bits per heavy atom. The van der Waals surface area contributed by atoms with Gasteiger partial charge in [-0.2, -0.15) is 0 Å². The molecule has 0 aromatic carbocycles. The molecule has 0 amide bonds. The Labute approximate surface area is 38.4 Å². The van der Waals surface area contributed by atoms with Crippen LogP contribution < -0.4 is 5.40 Å². The molecule has 0 heterocycles. The van der Waals surface area contributed by atoms with Gasteiger partial charge >= 0.3 is 0 Å². The van der Waals surface area contributed by atoms with E-state index in [2.05, 4.69) is 4.74 Å². The zero-order valence-electron chi connectivity index (χ0n) is 3.39. The highest BCUT2D eigenvalue weighted by Gasteiger charge is 1.91. The molecular weight excluding hydrogens is 98.1 g/mol. The molecule has 0 aliphatic heterocycles. The van der Waals surface area contributed by atoms with Crippen molar-refractivity contribution in [2.45, 2.75) is 0 Å². The van der Waals surface area contributed by atoms with Gasteiger partial charge in [0.1, 0.15) is 0 Å². The maximum atomic E-state index is 9.85. The van der Waals surface area contributed by atoms with E-state index in [1.54, 1.807) is 0 Å². The lowest BCUT2D eigenvalue weighted by Gasteiger charge is -1.85. The third-order valence-corrected chi connectivity index (χ3v) is 0.743. The lowest BCUT2D eigenvalue weighted by atomic mass is 11.5. The van der Waals surface area contributed by atoms with E-state index < -0.39 is 0 Å². The van der Waals surface area contributed by atoms with Crippen LogP contribution in [0.4, 0.5) is 4.79 Å². The largest absolute Gasteiger partial charge is 0.473 e. The predicted molar refractivity (Wildman–Crippen MR) is 22.3 cm³/mol. The molecule has 0 atom stereocenters. The van der Waals surface area contributed by atoms with Crippen LogP contribution in [0, 0.1) is 0 Å². The maximum absolute atomic E-state index is 9.85. The Morgan fingerprint density at radius 3 is 2.50 bits per heavy atom. The molecule has 0 fully saturated rings. The monoisotopic (exact) mass is 103 g/mol. The van der Waals surface area contributed by atoms with Crippen LogP contribution in [0.5, 0.6) is 0 Å². The molecule has 0 rings (SSSR count). The molecule has 0 bridgehead atoms. The molecule has 2 radical (unpaired) electrons. The summed E-state index contributed by atoms with van der Waals surface area (Å²) >= 11 is 0. The SMILES string of the molecule is COC(=O)[Si]N. The summed E-state index contributed by atoms with van der Waals surface area (Å²) in [5.74, 6) is 0. The van der Waals surface area contributed by atoms with Crippen molar-refractivity contribution in [3.8, 4) is 0 Å². The van der Waals surface area contributed by atoms with E-state index in [1.165, 1.54) is 7.11 Å². The van der Waals surface area contributed by atoms with Crippen LogP contribution in [0.3, 0.4) is 0 Å². The molecule has 34 valence electrons. The molecule has 0 aromatic heterocycles. The number of methoxy groups -OCH3 is 1. The van der Waals surface area contributed by atoms with E-state index in [1.807, 2.05) is 0 Å². The minimum atomic E-state index is -0.352. The highest BCUT2D eigenvalue weighted by atomic mass is 28.2. The second kappa shape index (κ2) is 2.86. The van der Waals surface area contributed by atoms with Crippen LogP contribution in [-0.2, 0) is 4.74 Å². The maximum Gasteiger partial charge on any atom is 0.288 e. The Morgan fingerprint density at radius 1 is 2.00 bits per heavy atom. The Kier molecular flexibility index (Phi) is 2.69. The van der Waals surface area contributed by atoms with E-state index in [4.69, 9.17) is 5.40 Å². The lowest BCUT2D eigenvalue weighted by Crippen LogP contribution is -2.17. The van der Waals surface area contributed by atoms with Gasteiger partial charge in [0, 0.05) is 0 Å². The Hall–Kier alpha value is -0.353. The standard InChI is InChI=1S/C2H5NO2Si/c1-5-2(4)6-3/h3H2,1H3. The lowest BCUT2D eigenvalue weighted by molar-refractivity contribution is 0.197. The average Bonchev–Trinajstić information content (AvgIpc) is 1.65. The highest BCUT2D eigenvalue weighted by molar-refractivity contribution is 6.69. The third-order valence-electron chi connectivity index (χ3n) is 0.303. The van der Waals surface area contributed by atoms with Crippen molar-refractivity contribution < 1.29 is 9.53 Å². The summed E-state index contributed by atoms with van der Waals surface area (Å²) in [4.78, 5) is 9.85. The van der Waals surface area contributed by atoms with Gasteiger partial charge in [-0.1, -0.05) is 0 Å². The second-order valence-electron chi connectivity index (χ2n) is 0.636. The van der Waals surface area contributed by atoms with Crippen molar-refractivity contribution in [1.82, 2.24) is 0 Å². The van der Waals surface area contributed by atoms with Crippen molar-refractivity contribution in [3.05, 3.63) is 0 Å². The van der Waals surface area contributed by atoms with Crippen LogP contribution in [-0.4, -0.2) is 22.4 Å². The molecule has 0 aliphatic rings. The first-order valence-electron chi connectivity index (χ1n) is 1.36. The molecular formula is C2H5NO2Si. The van der Waals surface area contributed by atoms with Gasteiger partial charge in [0.15, 0.2) is 0 Å². The molecule has 0 saturated heterocycles. The summed E-state index contributed by atoms with van der Waals surface area (Å²) in [5, 5.41) is 4.84. The van der Waals surface area contributed by atoms with Crippen molar-refractivity contribution >= 4 is 15.3 Å². The van der Waals surface area contributed by atoms with Crippen LogP contribution in [0.25, 0.3) is 0 Å². The fourth-order valence-corrected chi connectivity index (χ4v) is 0.177. The molecule has 0 unspecified atom stereocenters. The number of ether oxygens (including phenoxy) is 1. The first-order chi connectivity index (χ1) is 2.81. The summed E-state index contributed by atoms with van der Waals surface area (Å²) in [6.45, 7) is 0. The molecule has 0 spiro atoms. The van der Waals surface area contributed by atoms with Crippen molar-refractivity contribution in [2.75, 3.05) is 7.11 Å². The van der Waals surface area contributed by atoms with Gasteiger partial charge in [-0.3, -0.25) is 4.79 Å². The number of hydrogen-bond donors (Lipinski definition) is 1. The molecule has 0 saturated carbocycles. The summed E-state index contributed by atoms with van der Waals surface area (Å²) < 4.78 is 4.15. The first kappa shape index (κ1) is 5.65. The molecule has 0 aromatic rings. The van der Waals surface area contributed by atoms with E-state index in [0.29, 0.717) is 0 Å². The number of carbonyl (C=O) groups is 1. The minimum absolute atomic E-state index is 0.230. The van der Waals surface area contributed by atoms with E-state index in [9.17, 15) is 4.79 Å². The Bertz CT molecular complexity index is 49.5. The summed E-state index contributed by atoms with van der Waals surface area (Å²) in [6, 6.07) is 0. The van der Waals surface area contributed by atoms with Crippen molar-refractivity contribution in [3.63, 3.8) is 0 Å². The van der Waals surface area contributed by atoms with Crippen molar-refractivity contribution in [2.24, 2.45) is 5.40 Å². The minimum Gasteiger partial charge on any atom is -0.473 e. The summed E-state index contributed by atoms with van der Waals surface area (Å²) in [7, 11) is 1.08. The molecule has 4 heteroatoms. The zero-order chi connectivity index (χ0) is 4.99. The van der Waals surface area contributed by atoms with Gasteiger partial charge in [0.05, 0.1) is 7.11 Å². The van der Waals surface area contributed by atoms with Crippen LogP contribution >= 0.6 is 0 Å². The zero-order valence-corrected chi connectivity index (χ0v) is 4.39. The average molecular weight is 103 g/mol. The van der Waals surface area contributed by atoms with Crippen molar-refractivity contribution in [1.29, 1.82) is 0 Å². The number of carbonyl (C=O) groups excluding carboxylic acids is 1. The van der Waals surface area contributed by atoms with Crippen LogP contribution in [0.2, 0.25) is 0 Å². The fraction of sp³-hybridized carbons (Fsp3) is 0.500. The Balaban J connectivity index is 2.99. The van der Waals surface area contributed by atoms with Crippen LogP contribution in [0.15, 0.2) is 0 Å². The van der Waals surface area contributed by atoms with E-state index in [0.717, 1.165) is 0 Å².